The lowest BCUT2D eigenvalue weighted by molar-refractivity contribution is -0.167. The van der Waals surface area contributed by atoms with Gasteiger partial charge in [0.15, 0.2) is 0 Å². The first-order chi connectivity index (χ1) is 8.30. The van der Waals surface area contributed by atoms with Crippen LogP contribution in [0.1, 0.15) is 12.5 Å². The van der Waals surface area contributed by atoms with Crippen molar-refractivity contribution in [2.45, 2.75) is 19.0 Å². The van der Waals surface area contributed by atoms with E-state index in [1.54, 1.807) is 0 Å². The summed E-state index contributed by atoms with van der Waals surface area (Å²) in [6.07, 6.45) is -3.04. The number of benzene rings is 1. The van der Waals surface area contributed by atoms with E-state index in [0.29, 0.717) is 5.02 Å². The lowest BCUT2D eigenvalue weighted by Crippen LogP contribution is -2.42. The van der Waals surface area contributed by atoms with E-state index in [-0.39, 0.29) is 5.56 Å². The molecule has 0 saturated heterocycles. The van der Waals surface area contributed by atoms with Gasteiger partial charge in [0.05, 0.1) is 7.11 Å². The highest BCUT2D eigenvalue weighted by Crippen LogP contribution is 2.34. The van der Waals surface area contributed by atoms with Crippen molar-refractivity contribution >= 4 is 17.6 Å². The summed E-state index contributed by atoms with van der Waals surface area (Å²) in [7, 11) is 0.996. The van der Waals surface area contributed by atoms with Crippen molar-refractivity contribution in [1.29, 1.82) is 0 Å². The second-order valence-corrected chi connectivity index (χ2v) is 4.43. The maximum Gasteiger partial charge on any atom is 0.317 e. The summed E-state index contributed by atoms with van der Waals surface area (Å²) in [5.74, 6) is -3.12. The molecule has 2 unspecified atom stereocenters. The van der Waals surface area contributed by atoms with E-state index in [9.17, 15) is 18.7 Å². The van der Waals surface area contributed by atoms with Gasteiger partial charge in [0, 0.05) is 5.02 Å². The molecule has 100 valence electrons. The standard InChI is InChI=1S/C12H13ClF2O3/c1-12(17,7-3-5-8(13)6-4-7)9(10(14)15)11(16)18-2/h3-6,9-10,17H,1-2H3. The Morgan fingerprint density at radius 1 is 1.39 bits per heavy atom. The fourth-order valence-corrected chi connectivity index (χ4v) is 1.80. The molecular weight excluding hydrogens is 266 g/mol. The molecule has 0 bridgehead atoms. The Hall–Kier alpha value is -1.20. The van der Waals surface area contributed by atoms with Crippen LogP contribution < -0.4 is 0 Å². The molecule has 6 heteroatoms. The summed E-state index contributed by atoms with van der Waals surface area (Å²) in [5, 5.41) is 10.6. The van der Waals surface area contributed by atoms with Gasteiger partial charge in [-0.1, -0.05) is 23.7 Å². The van der Waals surface area contributed by atoms with E-state index in [0.717, 1.165) is 14.0 Å². The first-order valence-electron chi connectivity index (χ1n) is 5.15. The minimum atomic E-state index is -3.04. The van der Waals surface area contributed by atoms with Gasteiger partial charge in [-0.25, -0.2) is 8.78 Å². The van der Waals surface area contributed by atoms with Crippen molar-refractivity contribution in [2.75, 3.05) is 7.11 Å². The van der Waals surface area contributed by atoms with E-state index in [4.69, 9.17) is 11.6 Å². The maximum atomic E-state index is 12.9. The Bertz CT molecular complexity index is 418. The van der Waals surface area contributed by atoms with Gasteiger partial charge in [-0.05, 0) is 24.6 Å². The van der Waals surface area contributed by atoms with Gasteiger partial charge in [-0.3, -0.25) is 4.79 Å². The number of methoxy groups -OCH3 is 1. The lowest BCUT2D eigenvalue weighted by Gasteiger charge is -2.30. The number of carbonyl (C=O) groups is 1. The third kappa shape index (κ3) is 2.97. The smallest absolute Gasteiger partial charge is 0.317 e. The molecule has 1 N–H and O–H groups in total. The molecule has 1 aromatic carbocycles. The Kier molecular flexibility index (Phi) is 4.65. The van der Waals surface area contributed by atoms with Crippen LogP contribution >= 0.6 is 11.6 Å². The summed E-state index contributed by atoms with van der Waals surface area (Å²) in [4.78, 5) is 11.4. The quantitative estimate of drug-likeness (QED) is 0.861. The normalized spacial score (nSPS) is 16.2. The molecule has 0 spiro atoms. The predicted octanol–water partition coefficient (Wildman–Crippen LogP) is 2.60. The second-order valence-electron chi connectivity index (χ2n) is 3.99. The van der Waals surface area contributed by atoms with Gasteiger partial charge in [0.2, 0.25) is 0 Å². The van der Waals surface area contributed by atoms with Crippen LogP contribution in [0.25, 0.3) is 0 Å². The van der Waals surface area contributed by atoms with E-state index >= 15 is 0 Å². The van der Waals surface area contributed by atoms with Crippen LogP contribution in [0.5, 0.6) is 0 Å². The van der Waals surface area contributed by atoms with Crippen LogP contribution in [0.3, 0.4) is 0 Å². The summed E-state index contributed by atoms with van der Waals surface area (Å²) < 4.78 is 30.1. The van der Waals surface area contributed by atoms with E-state index < -0.39 is 23.9 Å². The summed E-state index contributed by atoms with van der Waals surface area (Å²) in [5.41, 5.74) is -1.87. The Morgan fingerprint density at radius 2 is 1.89 bits per heavy atom. The van der Waals surface area contributed by atoms with Crippen LogP contribution in [-0.4, -0.2) is 24.6 Å². The SMILES string of the molecule is COC(=O)C(C(F)F)C(C)(O)c1ccc(Cl)cc1. The largest absolute Gasteiger partial charge is 0.469 e. The van der Waals surface area contributed by atoms with Gasteiger partial charge in [0.25, 0.3) is 6.43 Å². The zero-order chi connectivity index (χ0) is 13.9. The average molecular weight is 279 g/mol. The van der Waals surface area contributed by atoms with Crippen LogP contribution in [0.15, 0.2) is 24.3 Å². The highest BCUT2D eigenvalue weighted by molar-refractivity contribution is 6.30. The molecular formula is C12H13ClF2O3. The van der Waals surface area contributed by atoms with Gasteiger partial charge < -0.3 is 9.84 Å². The second kappa shape index (κ2) is 5.63. The molecule has 0 saturated carbocycles. The Balaban J connectivity index is 3.16. The van der Waals surface area contributed by atoms with E-state index in [2.05, 4.69) is 4.74 Å². The van der Waals surface area contributed by atoms with Gasteiger partial charge in [-0.2, -0.15) is 0 Å². The summed E-state index contributed by atoms with van der Waals surface area (Å²) in [6.45, 7) is 1.14. The Morgan fingerprint density at radius 3 is 2.28 bits per heavy atom. The first kappa shape index (κ1) is 14.9. The molecule has 1 rings (SSSR count). The van der Waals surface area contributed by atoms with Crippen LogP contribution in [0, 0.1) is 5.92 Å². The minimum Gasteiger partial charge on any atom is -0.469 e. The molecule has 0 radical (unpaired) electrons. The number of rotatable bonds is 4. The van der Waals surface area contributed by atoms with Crippen LogP contribution in [0.4, 0.5) is 8.78 Å². The maximum absolute atomic E-state index is 12.9. The summed E-state index contributed by atoms with van der Waals surface area (Å²) >= 11 is 5.67. The number of hydrogen-bond donors (Lipinski definition) is 1. The third-order valence-electron chi connectivity index (χ3n) is 2.74. The van der Waals surface area contributed by atoms with E-state index in [1.165, 1.54) is 24.3 Å². The van der Waals surface area contributed by atoms with Crippen molar-refractivity contribution in [2.24, 2.45) is 5.92 Å². The van der Waals surface area contributed by atoms with Crippen molar-refractivity contribution in [3.8, 4) is 0 Å². The number of carbonyl (C=O) groups excluding carboxylic acids is 1. The number of ether oxygens (including phenoxy) is 1. The van der Waals surface area contributed by atoms with Crippen molar-refractivity contribution in [3.05, 3.63) is 34.9 Å². The van der Waals surface area contributed by atoms with Gasteiger partial charge in [-0.15, -0.1) is 0 Å². The van der Waals surface area contributed by atoms with Crippen LogP contribution in [-0.2, 0) is 15.1 Å². The monoisotopic (exact) mass is 278 g/mol. The molecule has 0 aliphatic carbocycles. The molecule has 1 aromatic rings. The minimum absolute atomic E-state index is 0.169. The topological polar surface area (TPSA) is 46.5 Å². The zero-order valence-corrected chi connectivity index (χ0v) is 10.6. The van der Waals surface area contributed by atoms with Gasteiger partial charge >= 0.3 is 5.97 Å². The Labute approximate surface area is 108 Å². The van der Waals surface area contributed by atoms with Crippen LogP contribution in [0.2, 0.25) is 5.02 Å². The number of aliphatic hydroxyl groups is 1. The molecule has 0 heterocycles. The van der Waals surface area contributed by atoms with E-state index in [1.807, 2.05) is 0 Å². The van der Waals surface area contributed by atoms with Crippen molar-refractivity contribution in [3.63, 3.8) is 0 Å². The fourth-order valence-electron chi connectivity index (χ4n) is 1.67. The number of esters is 1. The summed E-state index contributed by atoms with van der Waals surface area (Å²) in [6, 6.07) is 5.68. The number of alkyl halides is 2. The fraction of sp³-hybridized carbons (Fsp3) is 0.417. The number of hydrogen-bond acceptors (Lipinski definition) is 3. The molecule has 18 heavy (non-hydrogen) atoms. The first-order valence-corrected chi connectivity index (χ1v) is 5.53. The highest BCUT2D eigenvalue weighted by Gasteiger charge is 2.46. The predicted molar refractivity (Wildman–Crippen MR) is 62.5 cm³/mol. The molecule has 0 aromatic heterocycles. The highest BCUT2D eigenvalue weighted by atomic mass is 35.5. The zero-order valence-electron chi connectivity index (χ0n) is 9.86. The molecule has 0 aliphatic rings. The van der Waals surface area contributed by atoms with Crippen molar-refractivity contribution in [1.82, 2.24) is 0 Å². The van der Waals surface area contributed by atoms with Crippen molar-refractivity contribution < 1.29 is 23.4 Å². The molecule has 3 nitrogen and oxygen atoms in total. The average Bonchev–Trinajstić information content (AvgIpc) is 2.28. The molecule has 0 fully saturated rings. The number of halogens is 3. The molecule has 0 amide bonds. The molecule has 0 aliphatic heterocycles. The lowest BCUT2D eigenvalue weighted by atomic mass is 9.83. The van der Waals surface area contributed by atoms with Gasteiger partial charge in [0.1, 0.15) is 11.5 Å². The third-order valence-corrected chi connectivity index (χ3v) is 2.99. The molecule has 2 atom stereocenters.